The molecule has 4 aromatic carbocycles. The van der Waals surface area contributed by atoms with E-state index in [9.17, 15) is 25.5 Å². The topological polar surface area (TPSA) is 138 Å². The molecule has 9 nitrogen and oxygen atoms in total. The van der Waals surface area contributed by atoms with E-state index in [0.29, 0.717) is 41.9 Å². The third-order valence-corrected chi connectivity index (χ3v) is 11.0. The van der Waals surface area contributed by atoms with Gasteiger partial charge in [0.25, 0.3) is 0 Å². The molecule has 1 aliphatic carbocycles. The third kappa shape index (κ3) is 5.19. The highest BCUT2D eigenvalue weighted by atomic mass is 16.5. The van der Waals surface area contributed by atoms with Crippen LogP contribution in [0.3, 0.4) is 0 Å². The largest absolute Gasteiger partial charge is 0.508 e. The summed E-state index contributed by atoms with van der Waals surface area (Å²) in [5, 5.41) is 54.8. The minimum atomic E-state index is -1.42. The molecule has 2 heterocycles. The Bertz CT molecular complexity index is 1960. The van der Waals surface area contributed by atoms with Crippen LogP contribution >= 0.6 is 0 Å². The molecule has 256 valence electrons. The smallest absolute Gasteiger partial charge is 0.160 e. The molecule has 1 saturated heterocycles. The quantitative estimate of drug-likeness (QED) is 0.131. The van der Waals surface area contributed by atoms with Crippen molar-refractivity contribution < 1.29 is 44.5 Å². The van der Waals surface area contributed by atoms with Gasteiger partial charge in [-0.25, -0.2) is 0 Å². The van der Waals surface area contributed by atoms with E-state index in [0.717, 1.165) is 33.4 Å². The molecule has 1 fully saturated rings. The number of hydrogen-bond donors (Lipinski definition) is 5. The van der Waals surface area contributed by atoms with E-state index in [4.69, 9.17) is 18.9 Å². The Balaban J connectivity index is 1.40. The van der Waals surface area contributed by atoms with Crippen LogP contribution in [0.15, 0.2) is 83.9 Å². The fourth-order valence-electron chi connectivity index (χ4n) is 8.27. The maximum atomic E-state index is 12.9. The SMILES string of the molecule is COc1ccc([C@@H]2O[C@H](c3ccc(O)c(C)c3)[C@](C)(O)[C@@]23CCC2=C(C3)[C@@H](c3ccc(O)c(OC)c3)O[C@H]2c2ccc(O)c(C)c2)cc1O. The average Bonchev–Trinajstić information content (AvgIpc) is 3.56. The van der Waals surface area contributed by atoms with Crippen molar-refractivity contribution in [2.24, 2.45) is 5.41 Å². The first kappa shape index (κ1) is 32.8. The van der Waals surface area contributed by atoms with Gasteiger partial charge in [0.1, 0.15) is 35.4 Å². The summed E-state index contributed by atoms with van der Waals surface area (Å²) in [6.07, 6.45) is -0.788. The van der Waals surface area contributed by atoms with E-state index in [1.165, 1.54) is 14.2 Å². The van der Waals surface area contributed by atoms with Crippen LogP contribution in [0.25, 0.3) is 0 Å². The number of phenols is 4. The van der Waals surface area contributed by atoms with E-state index in [1.807, 2.05) is 51.1 Å². The normalized spacial score (nSPS) is 27.8. The zero-order valence-electron chi connectivity index (χ0n) is 28.2. The van der Waals surface area contributed by atoms with Crippen LogP contribution in [0.1, 0.15) is 84.0 Å². The van der Waals surface area contributed by atoms with Crippen LogP contribution in [-0.2, 0) is 9.47 Å². The van der Waals surface area contributed by atoms with E-state index < -0.39 is 35.4 Å². The number of rotatable bonds is 6. The van der Waals surface area contributed by atoms with Gasteiger partial charge in [-0.05, 0) is 133 Å². The number of aromatic hydroxyl groups is 4. The van der Waals surface area contributed by atoms with Gasteiger partial charge in [0, 0.05) is 5.41 Å². The molecule has 0 radical (unpaired) electrons. The summed E-state index contributed by atoms with van der Waals surface area (Å²) < 4.78 is 24.6. The van der Waals surface area contributed by atoms with Gasteiger partial charge in [0.2, 0.25) is 0 Å². The van der Waals surface area contributed by atoms with Gasteiger partial charge >= 0.3 is 0 Å². The molecule has 5 N–H and O–H groups in total. The summed E-state index contributed by atoms with van der Waals surface area (Å²) in [7, 11) is 3.00. The number of benzene rings is 4. The van der Waals surface area contributed by atoms with Crippen LogP contribution in [-0.4, -0.2) is 45.4 Å². The number of aryl methyl sites for hydroxylation is 2. The molecule has 6 atom stereocenters. The van der Waals surface area contributed by atoms with Gasteiger partial charge in [-0.2, -0.15) is 0 Å². The summed E-state index contributed by atoms with van der Waals surface area (Å²) in [5.41, 5.74) is 4.35. The van der Waals surface area contributed by atoms with Crippen molar-refractivity contribution in [2.45, 2.75) is 70.1 Å². The predicted molar refractivity (Wildman–Crippen MR) is 182 cm³/mol. The van der Waals surface area contributed by atoms with Crippen LogP contribution in [0.5, 0.6) is 34.5 Å². The van der Waals surface area contributed by atoms with E-state index in [-0.39, 0.29) is 23.0 Å². The molecule has 49 heavy (non-hydrogen) atoms. The van der Waals surface area contributed by atoms with Gasteiger partial charge in [-0.3, -0.25) is 0 Å². The Morgan fingerprint density at radius 3 is 1.80 bits per heavy atom. The standard InChI is InChI=1S/C40H42O9/c1-21-16-23(6-10-29(21)41)35-27-14-15-40(20-28(27)36(48-35)24-7-12-31(43)34(19-24)47-5)38(26-9-13-33(46-4)32(44)18-26)49-37(39(40,3)45)25-8-11-30(42)22(2)17-25/h6-13,16-19,35-38,41-45H,14-15,20H2,1-5H3/t35-,36+,37+,38-,39-,40+/m0/s1. The molecule has 3 aliphatic rings. The van der Waals surface area contributed by atoms with Gasteiger partial charge in [0.05, 0.1) is 20.3 Å². The maximum Gasteiger partial charge on any atom is 0.160 e. The molecular formula is C40H42O9. The van der Waals surface area contributed by atoms with Crippen molar-refractivity contribution in [3.63, 3.8) is 0 Å². The van der Waals surface area contributed by atoms with Crippen LogP contribution in [0, 0.1) is 19.3 Å². The van der Waals surface area contributed by atoms with Crippen LogP contribution in [0.2, 0.25) is 0 Å². The van der Waals surface area contributed by atoms with Crippen molar-refractivity contribution in [3.8, 4) is 34.5 Å². The van der Waals surface area contributed by atoms with Gasteiger partial charge in [-0.15, -0.1) is 0 Å². The molecule has 0 bridgehead atoms. The van der Waals surface area contributed by atoms with Crippen molar-refractivity contribution in [1.29, 1.82) is 0 Å². The Kier molecular flexibility index (Phi) is 8.05. The summed E-state index contributed by atoms with van der Waals surface area (Å²) in [4.78, 5) is 0. The summed E-state index contributed by atoms with van der Waals surface area (Å²) >= 11 is 0. The van der Waals surface area contributed by atoms with Gasteiger partial charge < -0.3 is 44.5 Å². The minimum Gasteiger partial charge on any atom is -0.508 e. The highest BCUT2D eigenvalue weighted by molar-refractivity contribution is 5.50. The Hall–Kier alpha value is -4.70. The lowest BCUT2D eigenvalue weighted by atomic mass is 9.57. The molecule has 0 unspecified atom stereocenters. The fraction of sp³-hybridized carbons (Fsp3) is 0.350. The summed E-state index contributed by atoms with van der Waals surface area (Å²) in [6, 6.07) is 21.2. The first-order valence-electron chi connectivity index (χ1n) is 16.5. The zero-order chi connectivity index (χ0) is 34.8. The zero-order valence-corrected chi connectivity index (χ0v) is 28.2. The van der Waals surface area contributed by atoms with E-state index in [1.54, 1.807) is 42.5 Å². The summed E-state index contributed by atoms with van der Waals surface area (Å²) in [5.74, 6) is 1.01. The predicted octanol–water partition coefficient (Wildman–Crippen LogP) is 7.69. The second-order valence-electron chi connectivity index (χ2n) is 13.8. The van der Waals surface area contributed by atoms with Crippen molar-refractivity contribution in [2.75, 3.05) is 14.2 Å². The third-order valence-electron chi connectivity index (χ3n) is 11.0. The lowest BCUT2D eigenvalue weighted by Gasteiger charge is -2.47. The number of aliphatic hydroxyl groups is 1. The molecule has 0 amide bonds. The average molecular weight is 667 g/mol. The molecule has 4 aromatic rings. The highest BCUT2D eigenvalue weighted by Gasteiger charge is 2.66. The molecule has 9 heteroatoms. The second kappa shape index (κ2) is 12.0. The first-order valence-corrected chi connectivity index (χ1v) is 16.5. The van der Waals surface area contributed by atoms with E-state index in [2.05, 4.69) is 0 Å². The number of hydrogen-bond acceptors (Lipinski definition) is 9. The fourth-order valence-corrected chi connectivity index (χ4v) is 8.27. The maximum absolute atomic E-state index is 12.9. The number of methoxy groups -OCH3 is 2. The molecule has 0 aromatic heterocycles. The minimum absolute atomic E-state index is 0.0165. The molecule has 7 rings (SSSR count). The molecule has 0 saturated carbocycles. The Morgan fingerprint density at radius 1 is 0.612 bits per heavy atom. The Labute approximate surface area is 285 Å². The van der Waals surface area contributed by atoms with Crippen molar-refractivity contribution in [1.82, 2.24) is 0 Å². The summed E-state index contributed by atoms with van der Waals surface area (Å²) in [6.45, 7) is 5.49. The Morgan fingerprint density at radius 2 is 1.16 bits per heavy atom. The van der Waals surface area contributed by atoms with Gasteiger partial charge in [-0.1, -0.05) is 24.3 Å². The lowest BCUT2D eigenvalue weighted by molar-refractivity contribution is -0.0772. The number of ether oxygens (including phenoxy) is 4. The molecular weight excluding hydrogens is 624 g/mol. The van der Waals surface area contributed by atoms with Crippen molar-refractivity contribution >= 4 is 0 Å². The van der Waals surface area contributed by atoms with Crippen molar-refractivity contribution in [3.05, 3.63) is 117 Å². The monoisotopic (exact) mass is 666 g/mol. The second-order valence-corrected chi connectivity index (χ2v) is 13.8. The first-order chi connectivity index (χ1) is 23.4. The molecule has 1 spiro atoms. The van der Waals surface area contributed by atoms with Crippen LogP contribution < -0.4 is 9.47 Å². The lowest BCUT2D eigenvalue weighted by Crippen LogP contribution is -2.48. The number of phenolic OH excluding ortho intramolecular Hbond substituents is 4. The van der Waals surface area contributed by atoms with Gasteiger partial charge in [0.15, 0.2) is 23.0 Å². The van der Waals surface area contributed by atoms with Crippen LogP contribution in [0.4, 0.5) is 0 Å². The highest BCUT2D eigenvalue weighted by Crippen LogP contribution is 2.69. The molecule has 2 aliphatic heterocycles. The van der Waals surface area contributed by atoms with E-state index >= 15 is 0 Å².